The highest BCUT2D eigenvalue weighted by Crippen LogP contribution is 2.30. The van der Waals surface area contributed by atoms with Gasteiger partial charge in [-0.1, -0.05) is 0 Å². The quantitative estimate of drug-likeness (QED) is 0.718. The SMILES string of the molecule is COc1ccc(C(=O)N2CCC(CN3CC(C)OC(C)C3)CC2)cc1OC(F)F. The first-order valence-corrected chi connectivity index (χ1v) is 10.2. The first-order valence-electron chi connectivity index (χ1n) is 10.2. The third-order valence-corrected chi connectivity index (χ3v) is 5.54. The molecule has 0 aromatic heterocycles. The van der Waals surface area contributed by atoms with Crippen LogP contribution in [0.1, 0.15) is 37.0 Å². The van der Waals surface area contributed by atoms with Crippen LogP contribution in [-0.2, 0) is 4.74 Å². The molecule has 0 bridgehead atoms. The van der Waals surface area contributed by atoms with Crippen LogP contribution in [0.15, 0.2) is 18.2 Å². The zero-order valence-corrected chi connectivity index (χ0v) is 17.3. The van der Waals surface area contributed by atoms with Gasteiger partial charge in [-0.15, -0.1) is 0 Å². The number of amides is 1. The number of piperidine rings is 1. The molecule has 2 fully saturated rings. The number of likely N-dealkylation sites (tertiary alicyclic amines) is 1. The van der Waals surface area contributed by atoms with Gasteiger partial charge in [0, 0.05) is 38.3 Å². The highest BCUT2D eigenvalue weighted by Gasteiger charge is 2.28. The second kappa shape index (κ2) is 9.71. The second-order valence-electron chi connectivity index (χ2n) is 7.96. The molecule has 0 aliphatic carbocycles. The van der Waals surface area contributed by atoms with Crippen molar-refractivity contribution in [2.45, 2.75) is 45.5 Å². The summed E-state index contributed by atoms with van der Waals surface area (Å²) in [6.45, 7) is 5.47. The lowest BCUT2D eigenvalue weighted by atomic mass is 9.95. The Morgan fingerprint density at radius 1 is 1.17 bits per heavy atom. The fourth-order valence-electron chi connectivity index (χ4n) is 4.30. The summed E-state index contributed by atoms with van der Waals surface area (Å²) in [5.74, 6) is 0.428. The number of alkyl halides is 2. The van der Waals surface area contributed by atoms with Crippen molar-refractivity contribution in [1.29, 1.82) is 0 Å². The van der Waals surface area contributed by atoms with Crippen molar-refractivity contribution < 1.29 is 27.8 Å². The summed E-state index contributed by atoms with van der Waals surface area (Å²) in [7, 11) is 1.37. The molecule has 6 nitrogen and oxygen atoms in total. The van der Waals surface area contributed by atoms with E-state index in [4.69, 9.17) is 9.47 Å². The molecule has 3 rings (SSSR count). The Morgan fingerprint density at radius 3 is 2.41 bits per heavy atom. The van der Waals surface area contributed by atoms with E-state index in [-0.39, 0.29) is 29.6 Å². The number of hydrogen-bond acceptors (Lipinski definition) is 5. The monoisotopic (exact) mass is 412 g/mol. The van der Waals surface area contributed by atoms with Gasteiger partial charge < -0.3 is 19.1 Å². The molecule has 2 saturated heterocycles. The second-order valence-corrected chi connectivity index (χ2v) is 7.96. The van der Waals surface area contributed by atoms with E-state index < -0.39 is 6.61 Å². The van der Waals surface area contributed by atoms with Gasteiger partial charge >= 0.3 is 6.61 Å². The van der Waals surface area contributed by atoms with E-state index >= 15 is 0 Å². The van der Waals surface area contributed by atoms with Gasteiger partial charge in [-0.25, -0.2) is 0 Å². The molecule has 2 aliphatic heterocycles. The Bertz CT molecular complexity index is 685. The molecule has 0 saturated carbocycles. The fraction of sp³-hybridized carbons (Fsp3) is 0.667. The van der Waals surface area contributed by atoms with Crippen LogP contribution < -0.4 is 9.47 Å². The Labute approximate surface area is 170 Å². The van der Waals surface area contributed by atoms with E-state index in [2.05, 4.69) is 23.5 Å². The first-order chi connectivity index (χ1) is 13.9. The maximum atomic E-state index is 12.8. The van der Waals surface area contributed by atoms with Crippen molar-refractivity contribution in [1.82, 2.24) is 9.80 Å². The summed E-state index contributed by atoms with van der Waals surface area (Å²) in [6.07, 6.45) is 2.37. The fourth-order valence-corrected chi connectivity index (χ4v) is 4.30. The van der Waals surface area contributed by atoms with E-state index in [0.29, 0.717) is 24.6 Å². The topological polar surface area (TPSA) is 51.2 Å². The van der Waals surface area contributed by atoms with Crippen LogP contribution in [0, 0.1) is 5.92 Å². The zero-order valence-electron chi connectivity index (χ0n) is 17.3. The van der Waals surface area contributed by atoms with Crippen molar-refractivity contribution in [3.63, 3.8) is 0 Å². The summed E-state index contributed by atoms with van der Waals surface area (Å²) in [4.78, 5) is 17.1. The molecule has 2 aliphatic rings. The van der Waals surface area contributed by atoms with Crippen molar-refractivity contribution >= 4 is 5.91 Å². The summed E-state index contributed by atoms with van der Waals surface area (Å²) in [5, 5.41) is 0. The Balaban J connectivity index is 1.56. The number of halogens is 2. The molecular weight excluding hydrogens is 382 g/mol. The largest absolute Gasteiger partial charge is 0.493 e. The van der Waals surface area contributed by atoms with Crippen molar-refractivity contribution in [3.05, 3.63) is 23.8 Å². The van der Waals surface area contributed by atoms with Gasteiger partial charge in [0.05, 0.1) is 19.3 Å². The van der Waals surface area contributed by atoms with Crippen molar-refractivity contribution in [3.8, 4) is 11.5 Å². The van der Waals surface area contributed by atoms with E-state index in [9.17, 15) is 13.6 Å². The number of nitrogens with zero attached hydrogens (tertiary/aromatic N) is 2. The standard InChI is InChI=1S/C21H30F2N2O4/c1-14-11-24(12-15(2)28-14)13-16-6-8-25(9-7-16)20(26)17-4-5-18(27-3)19(10-17)29-21(22)23/h4-5,10,14-16,21H,6-9,11-13H2,1-3H3. The number of morpholine rings is 1. The van der Waals surface area contributed by atoms with Gasteiger partial charge in [0.15, 0.2) is 11.5 Å². The van der Waals surface area contributed by atoms with Crippen LogP contribution in [0.2, 0.25) is 0 Å². The van der Waals surface area contributed by atoms with Crippen LogP contribution in [0.4, 0.5) is 8.78 Å². The van der Waals surface area contributed by atoms with Crippen molar-refractivity contribution in [2.24, 2.45) is 5.92 Å². The number of rotatable bonds is 6. The number of benzene rings is 1. The number of carbonyl (C=O) groups excluding carboxylic acids is 1. The lowest BCUT2D eigenvalue weighted by Crippen LogP contribution is -2.48. The predicted molar refractivity (Wildman–Crippen MR) is 105 cm³/mol. The summed E-state index contributed by atoms with van der Waals surface area (Å²) in [6, 6.07) is 4.40. The molecule has 2 heterocycles. The highest BCUT2D eigenvalue weighted by atomic mass is 19.3. The minimum absolute atomic E-state index is 0.126. The van der Waals surface area contributed by atoms with Gasteiger partial charge in [-0.2, -0.15) is 8.78 Å². The first kappa shape index (κ1) is 21.8. The third kappa shape index (κ3) is 5.79. The average Bonchev–Trinajstić information content (AvgIpc) is 2.67. The molecule has 0 N–H and O–H groups in total. The number of ether oxygens (including phenoxy) is 3. The number of hydrogen-bond donors (Lipinski definition) is 0. The maximum Gasteiger partial charge on any atom is 0.387 e. The van der Waals surface area contributed by atoms with Crippen LogP contribution in [0.25, 0.3) is 0 Å². The molecule has 29 heavy (non-hydrogen) atoms. The number of methoxy groups -OCH3 is 1. The lowest BCUT2D eigenvalue weighted by molar-refractivity contribution is -0.0729. The molecular formula is C21H30F2N2O4. The van der Waals surface area contributed by atoms with E-state index in [1.54, 1.807) is 11.0 Å². The maximum absolute atomic E-state index is 12.8. The van der Waals surface area contributed by atoms with Crippen molar-refractivity contribution in [2.75, 3.05) is 39.8 Å². The molecule has 2 unspecified atom stereocenters. The van der Waals surface area contributed by atoms with Gasteiger partial charge in [-0.05, 0) is 50.8 Å². The van der Waals surface area contributed by atoms with E-state index in [1.165, 1.54) is 19.2 Å². The minimum Gasteiger partial charge on any atom is -0.493 e. The summed E-state index contributed by atoms with van der Waals surface area (Å²) in [5.41, 5.74) is 0.329. The Hall–Kier alpha value is -1.93. The van der Waals surface area contributed by atoms with E-state index in [0.717, 1.165) is 32.5 Å². The van der Waals surface area contributed by atoms with E-state index in [1.807, 2.05) is 0 Å². The number of carbonyl (C=O) groups is 1. The van der Waals surface area contributed by atoms with Crippen LogP contribution in [-0.4, -0.2) is 74.4 Å². The smallest absolute Gasteiger partial charge is 0.387 e. The molecule has 1 amide bonds. The highest BCUT2D eigenvalue weighted by molar-refractivity contribution is 5.95. The normalized spacial score (nSPS) is 24.0. The molecule has 162 valence electrons. The predicted octanol–water partition coefficient (Wildman–Crippen LogP) is 3.26. The van der Waals surface area contributed by atoms with Crippen LogP contribution in [0.3, 0.4) is 0 Å². The van der Waals surface area contributed by atoms with Crippen LogP contribution >= 0.6 is 0 Å². The molecule has 1 aromatic rings. The molecule has 8 heteroatoms. The molecule has 0 spiro atoms. The summed E-state index contributed by atoms with van der Waals surface area (Å²) < 4.78 is 40.6. The van der Waals surface area contributed by atoms with Gasteiger partial charge in [0.1, 0.15) is 0 Å². The Morgan fingerprint density at radius 2 is 1.83 bits per heavy atom. The van der Waals surface area contributed by atoms with Gasteiger partial charge in [-0.3, -0.25) is 9.69 Å². The lowest BCUT2D eigenvalue weighted by Gasteiger charge is -2.39. The zero-order chi connectivity index (χ0) is 21.0. The van der Waals surface area contributed by atoms with Gasteiger partial charge in [0.25, 0.3) is 5.91 Å². The van der Waals surface area contributed by atoms with Gasteiger partial charge in [0.2, 0.25) is 0 Å². The molecule has 2 atom stereocenters. The van der Waals surface area contributed by atoms with Crippen LogP contribution in [0.5, 0.6) is 11.5 Å². The molecule has 1 aromatic carbocycles. The minimum atomic E-state index is -2.98. The molecule has 0 radical (unpaired) electrons. The Kier molecular flexibility index (Phi) is 7.29. The third-order valence-electron chi connectivity index (χ3n) is 5.54. The summed E-state index contributed by atoms with van der Waals surface area (Å²) >= 11 is 0. The average molecular weight is 412 g/mol.